The maximum Gasteiger partial charge on any atom is 0.407 e. The number of hydrogen-bond acceptors (Lipinski definition) is 4. The fourth-order valence-corrected chi connectivity index (χ4v) is 2.26. The van der Waals surface area contributed by atoms with Gasteiger partial charge in [0.25, 0.3) is 0 Å². The van der Waals surface area contributed by atoms with Crippen molar-refractivity contribution < 1.29 is 14.3 Å². The van der Waals surface area contributed by atoms with Crippen LogP contribution in [0.1, 0.15) is 5.56 Å². The number of alkyl carbamates (subject to hydrolysis) is 1. The molecule has 1 fully saturated rings. The van der Waals surface area contributed by atoms with Gasteiger partial charge < -0.3 is 19.7 Å². The van der Waals surface area contributed by atoms with Gasteiger partial charge in [-0.15, -0.1) is 0 Å². The number of nitrogens with zero attached hydrogens (tertiary/aromatic N) is 1. The number of benzene rings is 1. The molecule has 0 saturated carbocycles. The summed E-state index contributed by atoms with van der Waals surface area (Å²) < 4.78 is 10.5. The molecule has 2 atom stereocenters. The number of amides is 1. The number of rotatable bonds is 4. The standard InChI is InChI=1S/C14H20N2O3/c1-16-8-12(13(9-16)18-2)15-14(17)19-10-11-6-4-3-5-7-11/h3-7,12-13H,8-10H2,1-2H3,(H,15,17)/t12-,13+/m1/s1. The number of carbonyl (C=O) groups excluding carboxylic acids is 1. The van der Waals surface area contributed by atoms with Gasteiger partial charge in [0, 0.05) is 20.2 Å². The maximum atomic E-state index is 11.7. The van der Waals surface area contributed by atoms with Crippen LogP contribution in [0, 0.1) is 0 Å². The molecule has 0 unspecified atom stereocenters. The van der Waals surface area contributed by atoms with Crippen LogP contribution < -0.4 is 5.32 Å². The van der Waals surface area contributed by atoms with Gasteiger partial charge in [-0.1, -0.05) is 30.3 Å². The van der Waals surface area contributed by atoms with E-state index in [0.717, 1.165) is 18.7 Å². The molecule has 104 valence electrons. The minimum atomic E-state index is -0.397. The number of likely N-dealkylation sites (N-methyl/N-ethyl adjacent to an activating group) is 1. The summed E-state index contributed by atoms with van der Waals surface area (Å²) in [5.74, 6) is 0. The number of ether oxygens (including phenoxy) is 2. The Hall–Kier alpha value is -1.59. The van der Waals surface area contributed by atoms with Gasteiger partial charge in [0.2, 0.25) is 0 Å². The van der Waals surface area contributed by atoms with Crippen LogP contribution in [0.4, 0.5) is 4.79 Å². The molecule has 0 spiro atoms. The molecule has 1 aliphatic heterocycles. The van der Waals surface area contributed by atoms with E-state index in [1.54, 1.807) is 7.11 Å². The Morgan fingerprint density at radius 2 is 2.11 bits per heavy atom. The summed E-state index contributed by atoms with van der Waals surface area (Å²) >= 11 is 0. The predicted octanol–water partition coefficient (Wildman–Crippen LogP) is 1.24. The van der Waals surface area contributed by atoms with Gasteiger partial charge in [-0.05, 0) is 12.6 Å². The van der Waals surface area contributed by atoms with E-state index in [4.69, 9.17) is 9.47 Å². The van der Waals surface area contributed by atoms with Crippen molar-refractivity contribution in [3.05, 3.63) is 35.9 Å². The smallest absolute Gasteiger partial charge is 0.407 e. The molecular formula is C14H20N2O3. The van der Waals surface area contributed by atoms with Crippen molar-refractivity contribution >= 4 is 6.09 Å². The first kappa shape index (κ1) is 13.8. The summed E-state index contributed by atoms with van der Waals surface area (Å²) in [6, 6.07) is 9.61. The number of hydrogen-bond donors (Lipinski definition) is 1. The first-order chi connectivity index (χ1) is 9.19. The lowest BCUT2D eigenvalue weighted by atomic mass is 10.2. The van der Waals surface area contributed by atoms with Crippen molar-refractivity contribution in [2.24, 2.45) is 0 Å². The Kier molecular flexibility index (Phi) is 4.76. The third-order valence-corrected chi connectivity index (χ3v) is 3.27. The molecule has 1 N–H and O–H groups in total. The van der Waals surface area contributed by atoms with Gasteiger partial charge in [-0.2, -0.15) is 0 Å². The monoisotopic (exact) mass is 264 g/mol. The van der Waals surface area contributed by atoms with Crippen LogP contribution in [0.15, 0.2) is 30.3 Å². The summed E-state index contributed by atoms with van der Waals surface area (Å²) in [6.07, 6.45) is -0.375. The van der Waals surface area contributed by atoms with Crippen molar-refractivity contribution in [3.63, 3.8) is 0 Å². The molecule has 1 saturated heterocycles. The zero-order chi connectivity index (χ0) is 13.7. The van der Waals surface area contributed by atoms with Crippen LogP contribution in [-0.2, 0) is 16.1 Å². The Balaban J connectivity index is 1.78. The largest absolute Gasteiger partial charge is 0.445 e. The molecule has 0 bridgehead atoms. The highest BCUT2D eigenvalue weighted by atomic mass is 16.5. The summed E-state index contributed by atoms with van der Waals surface area (Å²) in [5, 5.41) is 2.85. The average Bonchev–Trinajstić information content (AvgIpc) is 2.77. The topological polar surface area (TPSA) is 50.8 Å². The fourth-order valence-electron chi connectivity index (χ4n) is 2.26. The van der Waals surface area contributed by atoms with Crippen LogP contribution >= 0.6 is 0 Å². The fraction of sp³-hybridized carbons (Fsp3) is 0.500. The molecule has 1 amide bonds. The second-order valence-corrected chi connectivity index (χ2v) is 4.81. The highest BCUT2D eigenvalue weighted by Crippen LogP contribution is 2.11. The second kappa shape index (κ2) is 6.54. The van der Waals surface area contributed by atoms with Crippen LogP contribution in [0.2, 0.25) is 0 Å². The Labute approximate surface area is 113 Å². The molecule has 5 nitrogen and oxygen atoms in total. The molecule has 0 aliphatic carbocycles. The molecule has 1 heterocycles. The van der Waals surface area contributed by atoms with Crippen LogP contribution in [0.5, 0.6) is 0 Å². The van der Waals surface area contributed by atoms with E-state index in [-0.39, 0.29) is 18.8 Å². The molecule has 0 radical (unpaired) electrons. The van der Waals surface area contributed by atoms with E-state index in [1.165, 1.54) is 0 Å². The molecule has 1 aromatic carbocycles. The molecule has 0 aromatic heterocycles. The van der Waals surface area contributed by atoms with Crippen molar-refractivity contribution in [2.45, 2.75) is 18.8 Å². The average molecular weight is 264 g/mol. The summed E-state index contributed by atoms with van der Waals surface area (Å²) in [5.41, 5.74) is 0.976. The quantitative estimate of drug-likeness (QED) is 0.889. The summed E-state index contributed by atoms with van der Waals surface area (Å²) in [4.78, 5) is 13.9. The van der Waals surface area contributed by atoms with Crippen molar-refractivity contribution in [1.29, 1.82) is 0 Å². The van der Waals surface area contributed by atoms with E-state index in [2.05, 4.69) is 10.2 Å². The van der Waals surface area contributed by atoms with E-state index in [9.17, 15) is 4.79 Å². The van der Waals surface area contributed by atoms with Gasteiger partial charge in [0.1, 0.15) is 6.61 Å². The van der Waals surface area contributed by atoms with Crippen LogP contribution in [-0.4, -0.2) is 50.4 Å². The third-order valence-electron chi connectivity index (χ3n) is 3.27. The number of methoxy groups -OCH3 is 1. The van der Waals surface area contributed by atoms with E-state index < -0.39 is 6.09 Å². The third kappa shape index (κ3) is 3.94. The van der Waals surface area contributed by atoms with Crippen LogP contribution in [0.25, 0.3) is 0 Å². The van der Waals surface area contributed by atoms with Gasteiger partial charge in [-0.25, -0.2) is 4.79 Å². The zero-order valence-electron chi connectivity index (χ0n) is 11.3. The lowest BCUT2D eigenvalue weighted by Crippen LogP contribution is -2.43. The Morgan fingerprint density at radius 1 is 1.37 bits per heavy atom. The van der Waals surface area contributed by atoms with Crippen molar-refractivity contribution in [2.75, 3.05) is 27.2 Å². The second-order valence-electron chi connectivity index (χ2n) is 4.81. The van der Waals surface area contributed by atoms with Crippen molar-refractivity contribution in [3.8, 4) is 0 Å². The molecular weight excluding hydrogens is 244 g/mol. The molecule has 5 heteroatoms. The normalized spacial score (nSPS) is 23.3. The summed E-state index contributed by atoms with van der Waals surface area (Å²) in [7, 11) is 3.66. The first-order valence-electron chi connectivity index (χ1n) is 6.37. The molecule has 2 rings (SSSR count). The van der Waals surface area contributed by atoms with Gasteiger partial charge >= 0.3 is 6.09 Å². The number of nitrogens with one attached hydrogen (secondary N) is 1. The van der Waals surface area contributed by atoms with E-state index in [0.29, 0.717) is 0 Å². The highest BCUT2D eigenvalue weighted by Gasteiger charge is 2.32. The predicted molar refractivity (Wildman–Crippen MR) is 71.8 cm³/mol. The van der Waals surface area contributed by atoms with E-state index in [1.807, 2.05) is 37.4 Å². The SMILES string of the molecule is CO[C@H]1CN(C)C[C@H]1NC(=O)OCc1ccccc1. The Morgan fingerprint density at radius 3 is 2.79 bits per heavy atom. The van der Waals surface area contributed by atoms with E-state index >= 15 is 0 Å². The molecule has 19 heavy (non-hydrogen) atoms. The van der Waals surface area contributed by atoms with Crippen molar-refractivity contribution in [1.82, 2.24) is 10.2 Å². The maximum absolute atomic E-state index is 11.7. The lowest BCUT2D eigenvalue weighted by molar-refractivity contribution is 0.0832. The first-order valence-corrected chi connectivity index (χ1v) is 6.37. The minimum Gasteiger partial charge on any atom is -0.445 e. The summed E-state index contributed by atoms with van der Waals surface area (Å²) in [6.45, 7) is 1.88. The zero-order valence-corrected chi connectivity index (χ0v) is 11.3. The molecule has 1 aromatic rings. The number of carbonyl (C=O) groups is 1. The minimum absolute atomic E-state index is 0.0155. The number of likely N-dealkylation sites (tertiary alicyclic amines) is 1. The molecule has 1 aliphatic rings. The van der Waals surface area contributed by atoms with Gasteiger partial charge in [-0.3, -0.25) is 0 Å². The van der Waals surface area contributed by atoms with Crippen LogP contribution in [0.3, 0.4) is 0 Å². The highest BCUT2D eigenvalue weighted by molar-refractivity contribution is 5.67. The Bertz CT molecular complexity index is 410. The van der Waals surface area contributed by atoms with Gasteiger partial charge in [0.15, 0.2) is 0 Å². The van der Waals surface area contributed by atoms with Gasteiger partial charge in [0.05, 0.1) is 12.1 Å². The lowest BCUT2D eigenvalue weighted by Gasteiger charge is -2.18.